The van der Waals surface area contributed by atoms with Crippen LogP contribution in [0.5, 0.6) is 0 Å². The van der Waals surface area contributed by atoms with Crippen LogP contribution in [-0.4, -0.2) is 9.79 Å². The van der Waals surface area contributed by atoms with Gasteiger partial charge in [0.15, 0.2) is 5.43 Å². The molecular formula is C13H9O4PS. The van der Waals surface area contributed by atoms with E-state index in [0.29, 0.717) is 15.5 Å². The molecule has 0 saturated carbocycles. The van der Waals surface area contributed by atoms with E-state index < -0.39 is 7.60 Å². The second-order valence-corrected chi connectivity index (χ2v) is 6.84. The molecule has 6 heteroatoms. The van der Waals surface area contributed by atoms with Gasteiger partial charge < -0.3 is 9.79 Å². The first kappa shape index (κ1) is 12.5. The molecule has 1 aromatic heterocycles. The highest BCUT2D eigenvalue weighted by molar-refractivity contribution is 7.60. The van der Waals surface area contributed by atoms with Crippen LogP contribution in [0.4, 0.5) is 0 Å². The second kappa shape index (κ2) is 4.25. The molecule has 0 atom stereocenters. The number of fused-ring (bicyclic) bond motifs is 2. The topological polar surface area (TPSA) is 74.6 Å². The van der Waals surface area contributed by atoms with Crippen LogP contribution in [0.25, 0.3) is 20.2 Å². The fourth-order valence-corrected chi connectivity index (χ4v) is 3.74. The van der Waals surface area contributed by atoms with Gasteiger partial charge in [0.1, 0.15) is 0 Å². The Morgan fingerprint density at radius 3 is 2.37 bits per heavy atom. The van der Waals surface area contributed by atoms with Crippen molar-refractivity contribution < 1.29 is 14.4 Å². The molecule has 0 bridgehead atoms. The van der Waals surface area contributed by atoms with Gasteiger partial charge in [-0.2, -0.15) is 0 Å². The summed E-state index contributed by atoms with van der Waals surface area (Å²) in [5.41, 5.74) is -0.110. The number of benzene rings is 2. The van der Waals surface area contributed by atoms with E-state index in [1.807, 2.05) is 12.1 Å². The molecule has 0 saturated heterocycles. The predicted molar refractivity (Wildman–Crippen MR) is 77.3 cm³/mol. The molecule has 3 aromatic rings. The number of hydrogen-bond acceptors (Lipinski definition) is 3. The molecule has 0 aliphatic heterocycles. The maximum absolute atomic E-state index is 12.3. The van der Waals surface area contributed by atoms with Crippen LogP contribution in [0.15, 0.2) is 47.3 Å². The summed E-state index contributed by atoms with van der Waals surface area (Å²) in [7, 11) is -4.29. The van der Waals surface area contributed by atoms with Crippen LogP contribution in [0.1, 0.15) is 0 Å². The molecule has 1 heterocycles. The summed E-state index contributed by atoms with van der Waals surface area (Å²) in [5, 5.41) is 1.05. The van der Waals surface area contributed by atoms with Crippen LogP contribution in [-0.2, 0) is 4.57 Å². The van der Waals surface area contributed by atoms with E-state index in [4.69, 9.17) is 9.79 Å². The largest absolute Gasteiger partial charge is 0.356 e. The van der Waals surface area contributed by atoms with Crippen molar-refractivity contribution >= 4 is 44.4 Å². The number of hydrogen-bond donors (Lipinski definition) is 2. The van der Waals surface area contributed by atoms with E-state index in [-0.39, 0.29) is 10.7 Å². The van der Waals surface area contributed by atoms with Gasteiger partial charge in [-0.25, -0.2) is 0 Å². The third-order valence-electron chi connectivity index (χ3n) is 2.90. The SMILES string of the molecule is O=c1c2ccccc2sc2cc(P(=O)(O)O)ccc12. The lowest BCUT2D eigenvalue weighted by Crippen LogP contribution is -2.06. The Kier molecular flexibility index (Phi) is 2.80. The van der Waals surface area contributed by atoms with Crippen molar-refractivity contribution in [1.29, 1.82) is 0 Å². The molecule has 3 rings (SSSR count). The Labute approximate surface area is 112 Å². The standard InChI is InChI=1S/C13H9O4PS/c14-13-9-3-1-2-4-11(9)19-12-7-8(18(15,16)17)5-6-10(12)13/h1-7H,(H2,15,16,17). The van der Waals surface area contributed by atoms with Crippen LogP contribution < -0.4 is 10.7 Å². The van der Waals surface area contributed by atoms with E-state index in [9.17, 15) is 9.36 Å². The van der Waals surface area contributed by atoms with Gasteiger partial charge in [0.2, 0.25) is 0 Å². The highest BCUT2D eigenvalue weighted by Gasteiger charge is 2.18. The Balaban J connectivity index is 2.45. The van der Waals surface area contributed by atoms with Crippen molar-refractivity contribution in [2.75, 3.05) is 0 Å². The zero-order valence-electron chi connectivity index (χ0n) is 9.61. The molecule has 2 N–H and O–H groups in total. The minimum absolute atomic E-state index is 0.0640. The first-order valence-electron chi connectivity index (χ1n) is 5.48. The molecule has 0 aliphatic carbocycles. The first-order chi connectivity index (χ1) is 8.97. The van der Waals surface area contributed by atoms with E-state index in [1.54, 1.807) is 12.1 Å². The van der Waals surface area contributed by atoms with Crippen molar-refractivity contribution in [1.82, 2.24) is 0 Å². The zero-order chi connectivity index (χ0) is 13.6. The lowest BCUT2D eigenvalue weighted by molar-refractivity contribution is 0.387. The molecule has 19 heavy (non-hydrogen) atoms. The minimum atomic E-state index is -4.29. The van der Waals surface area contributed by atoms with E-state index in [0.717, 1.165) is 4.70 Å². The van der Waals surface area contributed by atoms with E-state index >= 15 is 0 Å². The van der Waals surface area contributed by atoms with Gasteiger partial charge in [0, 0.05) is 20.2 Å². The minimum Gasteiger partial charge on any atom is -0.321 e. The molecular weight excluding hydrogens is 283 g/mol. The molecule has 0 amide bonds. The lowest BCUT2D eigenvalue weighted by Gasteiger charge is -2.05. The lowest BCUT2D eigenvalue weighted by atomic mass is 10.2. The number of rotatable bonds is 1. The van der Waals surface area contributed by atoms with Crippen molar-refractivity contribution in [3.05, 3.63) is 52.7 Å². The van der Waals surface area contributed by atoms with Gasteiger partial charge in [-0.3, -0.25) is 9.36 Å². The molecule has 2 aromatic carbocycles. The third kappa shape index (κ3) is 2.11. The summed E-state index contributed by atoms with van der Waals surface area (Å²) in [6.45, 7) is 0. The Bertz CT molecular complexity index is 894. The molecule has 0 spiro atoms. The maximum atomic E-state index is 12.3. The van der Waals surface area contributed by atoms with Gasteiger partial charge >= 0.3 is 7.60 Å². The van der Waals surface area contributed by atoms with Crippen molar-refractivity contribution in [3.63, 3.8) is 0 Å². The molecule has 0 aliphatic rings. The summed E-state index contributed by atoms with van der Waals surface area (Å²) in [4.78, 5) is 30.6. The summed E-state index contributed by atoms with van der Waals surface area (Å²) in [6, 6.07) is 11.4. The van der Waals surface area contributed by atoms with Crippen LogP contribution in [0, 0.1) is 0 Å². The van der Waals surface area contributed by atoms with Gasteiger partial charge in [0.25, 0.3) is 0 Å². The fourth-order valence-electron chi connectivity index (χ4n) is 1.97. The van der Waals surface area contributed by atoms with E-state index in [2.05, 4.69) is 0 Å². The van der Waals surface area contributed by atoms with Gasteiger partial charge in [-0.05, 0) is 30.3 Å². The molecule has 0 fully saturated rings. The van der Waals surface area contributed by atoms with Gasteiger partial charge in [0.05, 0.1) is 5.30 Å². The molecule has 4 nitrogen and oxygen atoms in total. The van der Waals surface area contributed by atoms with Crippen LogP contribution >= 0.6 is 18.9 Å². The quantitative estimate of drug-likeness (QED) is 0.532. The maximum Gasteiger partial charge on any atom is 0.356 e. The van der Waals surface area contributed by atoms with Gasteiger partial charge in [-0.1, -0.05) is 12.1 Å². The van der Waals surface area contributed by atoms with Crippen molar-refractivity contribution in [2.24, 2.45) is 0 Å². The third-order valence-corrected chi connectivity index (χ3v) is 4.98. The summed E-state index contributed by atoms with van der Waals surface area (Å²) >= 11 is 1.35. The Morgan fingerprint density at radius 2 is 1.63 bits per heavy atom. The smallest absolute Gasteiger partial charge is 0.321 e. The predicted octanol–water partition coefficient (Wildman–Crippen LogP) is 2.22. The molecule has 0 unspecified atom stereocenters. The van der Waals surface area contributed by atoms with Crippen LogP contribution in [0.3, 0.4) is 0 Å². The molecule has 0 radical (unpaired) electrons. The second-order valence-electron chi connectivity index (χ2n) is 4.15. The normalized spacial score (nSPS) is 12.1. The highest BCUT2D eigenvalue weighted by atomic mass is 32.1. The van der Waals surface area contributed by atoms with Crippen molar-refractivity contribution in [2.45, 2.75) is 0 Å². The zero-order valence-corrected chi connectivity index (χ0v) is 11.3. The summed E-state index contributed by atoms with van der Waals surface area (Å²) < 4.78 is 12.6. The van der Waals surface area contributed by atoms with Crippen molar-refractivity contribution in [3.8, 4) is 0 Å². The fraction of sp³-hybridized carbons (Fsp3) is 0. The highest BCUT2D eigenvalue weighted by Crippen LogP contribution is 2.35. The van der Waals surface area contributed by atoms with Crippen LogP contribution in [0.2, 0.25) is 0 Å². The Morgan fingerprint density at radius 1 is 0.947 bits per heavy atom. The average molecular weight is 292 g/mol. The first-order valence-corrected chi connectivity index (χ1v) is 7.91. The Hall–Kier alpha value is -1.52. The molecule has 96 valence electrons. The summed E-state index contributed by atoms with van der Waals surface area (Å²) in [6.07, 6.45) is 0. The monoisotopic (exact) mass is 292 g/mol. The summed E-state index contributed by atoms with van der Waals surface area (Å²) in [5.74, 6) is 0. The van der Waals surface area contributed by atoms with Gasteiger partial charge in [-0.15, -0.1) is 11.3 Å². The average Bonchev–Trinajstić information content (AvgIpc) is 2.37. The van der Waals surface area contributed by atoms with E-state index in [1.165, 1.54) is 29.5 Å².